The summed E-state index contributed by atoms with van der Waals surface area (Å²) in [6, 6.07) is 0. The van der Waals surface area contributed by atoms with Crippen molar-refractivity contribution in [3.8, 4) is 0 Å². The Kier molecular flexibility index (Phi) is 13.3. The lowest BCUT2D eigenvalue weighted by atomic mass is 10.1. The van der Waals surface area contributed by atoms with Crippen molar-refractivity contribution in [2.75, 3.05) is 19.8 Å². The molecule has 1 aliphatic heterocycles. The van der Waals surface area contributed by atoms with Gasteiger partial charge in [0.25, 0.3) is 0 Å². The third kappa shape index (κ3) is 9.71. The van der Waals surface area contributed by atoms with Gasteiger partial charge in [0.2, 0.25) is 0 Å². The van der Waals surface area contributed by atoms with Gasteiger partial charge in [0.05, 0.1) is 13.2 Å². The fourth-order valence-electron chi connectivity index (χ4n) is 3.13. The molecule has 5 heteroatoms. The van der Waals surface area contributed by atoms with Crippen LogP contribution in [0.15, 0.2) is 12.2 Å². The molecule has 0 bridgehead atoms. The Morgan fingerprint density at radius 2 is 1.68 bits per heavy atom. The van der Waals surface area contributed by atoms with Crippen LogP contribution in [0.3, 0.4) is 0 Å². The molecule has 3 N–H and O–H groups in total. The highest BCUT2D eigenvalue weighted by molar-refractivity contribution is 4.89. The van der Waals surface area contributed by atoms with Gasteiger partial charge in [0.1, 0.15) is 24.4 Å². The molecule has 0 aliphatic carbocycles. The second-order valence-corrected chi connectivity index (χ2v) is 6.97. The van der Waals surface area contributed by atoms with E-state index in [1.165, 1.54) is 51.4 Å². The van der Waals surface area contributed by atoms with Crippen LogP contribution in [0.25, 0.3) is 0 Å². The van der Waals surface area contributed by atoms with Crippen molar-refractivity contribution in [2.45, 2.75) is 95.5 Å². The van der Waals surface area contributed by atoms with Gasteiger partial charge in [-0.25, -0.2) is 0 Å². The molecule has 0 amide bonds. The zero-order valence-corrected chi connectivity index (χ0v) is 15.8. The van der Waals surface area contributed by atoms with Crippen LogP contribution in [-0.2, 0) is 9.47 Å². The topological polar surface area (TPSA) is 79.2 Å². The van der Waals surface area contributed by atoms with E-state index < -0.39 is 24.4 Å². The van der Waals surface area contributed by atoms with Crippen molar-refractivity contribution >= 4 is 0 Å². The van der Waals surface area contributed by atoms with Crippen LogP contribution in [0, 0.1) is 0 Å². The van der Waals surface area contributed by atoms with E-state index in [4.69, 9.17) is 14.6 Å². The standard InChI is InChI=1S/C20H38O5/c1-2-3-4-5-6-7-8-9-10-11-12-13-14-24-20-18(23)16-25-19(20)17(22)15-21/h4-5,17-23H,2-3,6-16H2,1H3/b5-4+/t17-,18+,19-,20-/m0/s1. The molecule has 0 radical (unpaired) electrons. The van der Waals surface area contributed by atoms with Gasteiger partial charge in [0.15, 0.2) is 0 Å². The number of aliphatic hydroxyl groups is 3. The fourth-order valence-corrected chi connectivity index (χ4v) is 3.13. The summed E-state index contributed by atoms with van der Waals surface area (Å²) >= 11 is 0. The van der Waals surface area contributed by atoms with Crippen LogP contribution in [-0.4, -0.2) is 59.6 Å². The summed E-state index contributed by atoms with van der Waals surface area (Å²) in [5.41, 5.74) is 0. The summed E-state index contributed by atoms with van der Waals surface area (Å²) in [5.74, 6) is 0. The quantitative estimate of drug-likeness (QED) is 0.310. The Hall–Kier alpha value is -0.460. The maximum atomic E-state index is 9.85. The Morgan fingerprint density at radius 3 is 2.36 bits per heavy atom. The van der Waals surface area contributed by atoms with Gasteiger partial charge in [-0.3, -0.25) is 0 Å². The van der Waals surface area contributed by atoms with Gasteiger partial charge in [-0.05, 0) is 25.7 Å². The molecule has 0 unspecified atom stereocenters. The average Bonchev–Trinajstić information content (AvgIpc) is 2.99. The van der Waals surface area contributed by atoms with Crippen molar-refractivity contribution in [1.82, 2.24) is 0 Å². The zero-order chi connectivity index (χ0) is 18.3. The first-order valence-electron chi connectivity index (χ1n) is 10.1. The number of rotatable bonds is 15. The van der Waals surface area contributed by atoms with E-state index in [2.05, 4.69) is 19.1 Å². The van der Waals surface area contributed by atoms with Gasteiger partial charge in [0, 0.05) is 6.61 Å². The Labute approximate surface area is 153 Å². The number of hydrogen-bond acceptors (Lipinski definition) is 5. The van der Waals surface area contributed by atoms with Crippen molar-refractivity contribution < 1.29 is 24.8 Å². The molecule has 148 valence electrons. The van der Waals surface area contributed by atoms with Crippen LogP contribution in [0.2, 0.25) is 0 Å². The van der Waals surface area contributed by atoms with Crippen molar-refractivity contribution in [2.24, 2.45) is 0 Å². The van der Waals surface area contributed by atoms with Crippen LogP contribution in [0.1, 0.15) is 71.1 Å². The first-order valence-corrected chi connectivity index (χ1v) is 10.1. The molecule has 1 heterocycles. The highest BCUT2D eigenvalue weighted by Gasteiger charge is 2.40. The molecule has 0 aromatic rings. The molecule has 5 nitrogen and oxygen atoms in total. The highest BCUT2D eigenvalue weighted by Crippen LogP contribution is 2.21. The maximum Gasteiger partial charge on any atom is 0.114 e. The molecule has 0 spiro atoms. The van der Waals surface area contributed by atoms with Gasteiger partial charge in [-0.15, -0.1) is 0 Å². The minimum absolute atomic E-state index is 0.153. The largest absolute Gasteiger partial charge is 0.394 e. The number of unbranched alkanes of at least 4 members (excludes halogenated alkanes) is 8. The summed E-state index contributed by atoms with van der Waals surface area (Å²) < 4.78 is 11.0. The molecule has 1 saturated heterocycles. The second-order valence-electron chi connectivity index (χ2n) is 6.97. The van der Waals surface area contributed by atoms with Crippen LogP contribution < -0.4 is 0 Å². The lowest BCUT2D eigenvalue weighted by Gasteiger charge is -2.23. The number of allylic oxidation sites excluding steroid dienone is 2. The Morgan fingerprint density at radius 1 is 1.04 bits per heavy atom. The predicted molar refractivity (Wildman–Crippen MR) is 99.6 cm³/mol. The molecule has 0 aromatic heterocycles. The summed E-state index contributed by atoms with van der Waals surface area (Å²) in [6.07, 6.45) is 13.8. The van der Waals surface area contributed by atoms with Gasteiger partial charge in [-0.2, -0.15) is 0 Å². The number of ether oxygens (including phenoxy) is 2. The number of hydrogen-bond donors (Lipinski definition) is 3. The van der Waals surface area contributed by atoms with Crippen LogP contribution in [0.5, 0.6) is 0 Å². The lowest BCUT2D eigenvalue weighted by Crippen LogP contribution is -2.42. The first-order chi connectivity index (χ1) is 12.2. The molecule has 25 heavy (non-hydrogen) atoms. The highest BCUT2D eigenvalue weighted by atomic mass is 16.6. The second kappa shape index (κ2) is 14.7. The average molecular weight is 359 g/mol. The molecule has 1 rings (SSSR count). The van der Waals surface area contributed by atoms with Crippen molar-refractivity contribution in [3.05, 3.63) is 12.2 Å². The summed E-state index contributed by atoms with van der Waals surface area (Å²) in [5, 5.41) is 28.5. The smallest absolute Gasteiger partial charge is 0.114 e. The van der Waals surface area contributed by atoms with E-state index in [1.54, 1.807) is 0 Å². The van der Waals surface area contributed by atoms with E-state index in [0.717, 1.165) is 12.8 Å². The molecule has 0 saturated carbocycles. The van der Waals surface area contributed by atoms with Gasteiger partial charge < -0.3 is 24.8 Å². The Balaban J connectivity index is 1.94. The molecule has 0 aromatic carbocycles. The molecular weight excluding hydrogens is 320 g/mol. The van der Waals surface area contributed by atoms with E-state index >= 15 is 0 Å². The monoisotopic (exact) mass is 358 g/mol. The summed E-state index contributed by atoms with van der Waals surface area (Å²) in [7, 11) is 0. The third-order valence-electron chi connectivity index (χ3n) is 4.68. The van der Waals surface area contributed by atoms with Crippen LogP contribution >= 0.6 is 0 Å². The molecule has 4 atom stereocenters. The SMILES string of the molecule is CCC/C=C/CCCCCCCCCO[C@@H]1[C@H]([C@@H](O)CO)OC[C@H]1O. The van der Waals surface area contributed by atoms with Crippen LogP contribution in [0.4, 0.5) is 0 Å². The molecule has 1 aliphatic rings. The number of aliphatic hydroxyl groups excluding tert-OH is 3. The maximum absolute atomic E-state index is 9.85. The normalized spacial score (nSPS) is 25.0. The molecule has 1 fully saturated rings. The zero-order valence-electron chi connectivity index (χ0n) is 15.8. The minimum Gasteiger partial charge on any atom is -0.394 e. The van der Waals surface area contributed by atoms with Crippen molar-refractivity contribution in [3.63, 3.8) is 0 Å². The lowest BCUT2D eigenvalue weighted by molar-refractivity contribution is -0.0938. The van der Waals surface area contributed by atoms with E-state index in [-0.39, 0.29) is 13.2 Å². The van der Waals surface area contributed by atoms with E-state index in [0.29, 0.717) is 6.61 Å². The van der Waals surface area contributed by atoms with E-state index in [9.17, 15) is 10.2 Å². The first kappa shape index (κ1) is 22.6. The minimum atomic E-state index is -1.00. The third-order valence-corrected chi connectivity index (χ3v) is 4.68. The van der Waals surface area contributed by atoms with Gasteiger partial charge >= 0.3 is 0 Å². The molecular formula is C20H38O5. The fraction of sp³-hybridized carbons (Fsp3) is 0.900. The Bertz CT molecular complexity index is 334. The van der Waals surface area contributed by atoms with Crippen molar-refractivity contribution in [1.29, 1.82) is 0 Å². The summed E-state index contributed by atoms with van der Waals surface area (Å²) in [6.45, 7) is 2.53. The van der Waals surface area contributed by atoms with E-state index in [1.807, 2.05) is 0 Å². The summed E-state index contributed by atoms with van der Waals surface area (Å²) in [4.78, 5) is 0. The predicted octanol–water partition coefficient (Wildman–Crippen LogP) is 2.96. The van der Waals surface area contributed by atoms with Gasteiger partial charge in [-0.1, -0.05) is 57.6 Å².